The number of rotatable bonds is 7. The Morgan fingerprint density at radius 3 is 1.38 bits per heavy atom. The van der Waals surface area contributed by atoms with Gasteiger partial charge in [-0.3, -0.25) is 0 Å². The van der Waals surface area contributed by atoms with Crippen LogP contribution < -0.4 is 10.6 Å². The van der Waals surface area contributed by atoms with Crippen LogP contribution in [-0.4, -0.2) is 22.2 Å². The van der Waals surface area contributed by atoms with Gasteiger partial charge in [0.2, 0.25) is 0 Å². The summed E-state index contributed by atoms with van der Waals surface area (Å²) in [5.41, 5.74) is 1.59. The summed E-state index contributed by atoms with van der Waals surface area (Å²) in [6, 6.07) is 0. The van der Waals surface area contributed by atoms with Gasteiger partial charge in [0.15, 0.2) is 0 Å². The fourth-order valence-electron chi connectivity index (χ4n) is 11.7. The lowest BCUT2D eigenvalue weighted by Crippen LogP contribution is -2.60. The van der Waals surface area contributed by atoms with Gasteiger partial charge in [-0.15, -0.1) is 0 Å². The van der Waals surface area contributed by atoms with Crippen LogP contribution in [0.5, 0.6) is 0 Å². The van der Waals surface area contributed by atoms with Gasteiger partial charge in [0.25, 0.3) is 0 Å². The van der Waals surface area contributed by atoms with E-state index in [-0.39, 0.29) is 11.1 Å². The summed E-state index contributed by atoms with van der Waals surface area (Å²) in [6.07, 6.45) is 20.2. The number of nitrogens with one attached hydrogen (secondary N) is 2. The minimum atomic E-state index is 0.256. The third-order valence-corrected chi connectivity index (χ3v) is 13.0. The Hall–Kier alpha value is -0.0800. The molecule has 2 atom stereocenters. The maximum absolute atomic E-state index is 3.96. The largest absolute Gasteiger partial charge is 0.307 e. The summed E-state index contributed by atoms with van der Waals surface area (Å²) in [4.78, 5) is 0. The molecule has 2 heteroatoms. The minimum Gasteiger partial charge on any atom is -0.307 e. The van der Waals surface area contributed by atoms with Gasteiger partial charge in [0, 0.05) is 22.2 Å². The van der Waals surface area contributed by atoms with E-state index in [0.717, 1.165) is 41.4 Å². The first-order chi connectivity index (χ1) is 18.0. The van der Waals surface area contributed by atoms with Crippen LogP contribution in [0, 0.1) is 46.8 Å². The Bertz CT molecular complexity index is 760. The Kier molecular flexibility index (Phi) is 9.43. The topological polar surface area (TPSA) is 24.1 Å². The van der Waals surface area contributed by atoms with E-state index in [9.17, 15) is 0 Å². The number of hydrogen-bond acceptors (Lipinski definition) is 2. The Morgan fingerprint density at radius 1 is 0.564 bits per heavy atom. The second-order valence-corrected chi connectivity index (χ2v) is 18.3. The van der Waals surface area contributed by atoms with Crippen LogP contribution in [0.15, 0.2) is 0 Å². The van der Waals surface area contributed by atoms with Crippen molar-refractivity contribution in [2.45, 2.75) is 188 Å². The van der Waals surface area contributed by atoms with E-state index in [1.165, 1.54) is 89.9 Å². The lowest BCUT2D eigenvalue weighted by atomic mass is 9.54. The van der Waals surface area contributed by atoms with E-state index in [4.69, 9.17) is 0 Å². The van der Waals surface area contributed by atoms with Crippen molar-refractivity contribution in [1.82, 2.24) is 10.6 Å². The minimum absolute atomic E-state index is 0.256. The van der Waals surface area contributed by atoms with Crippen molar-refractivity contribution in [3.05, 3.63) is 0 Å². The summed E-state index contributed by atoms with van der Waals surface area (Å²) in [5, 5.41) is 7.88. The highest BCUT2D eigenvalue weighted by Gasteiger charge is 2.49. The van der Waals surface area contributed by atoms with Crippen molar-refractivity contribution in [3.8, 4) is 0 Å². The summed E-state index contributed by atoms with van der Waals surface area (Å²) < 4.78 is 0. The highest BCUT2D eigenvalue weighted by molar-refractivity contribution is 5.04. The average Bonchev–Trinajstić information content (AvgIpc) is 2.81. The van der Waals surface area contributed by atoms with Crippen LogP contribution >= 0.6 is 0 Å². The predicted molar refractivity (Wildman–Crippen MR) is 171 cm³/mol. The highest BCUT2D eigenvalue weighted by atomic mass is 15.1. The molecule has 0 spiro atoms. The highest BCUT2D eigenvalue weighted by Crippen LogP contribution is 2.55. The monoisotopic (exact) mass is 543 g/mol. The van der Waals surface area contributed by atoms with Crippen LogP contribution in [0.1, 0.15) is 166 Å². The van der Waals surface area contributed by atoms with Crippen molar-refractivity contribution in [2.75, 3.05) is 0 Å². The quantitative estimate of drug-likeness (QED) is 0.334. The number of hydrogen-bond donors (Lipinski definition) is 2. The van der Waals surface area contributed by atoms with Gasteiger partial charge < -0.3 is 10.6 Å². The molecule has 4 rings (SSSR count). The fraction of sp³-hybridized carbons (Fsp3) is 1.00. The molecule has 2 heterocycles. The molecule has 2 saturated carbocycles. The molecule has 39 heavy (non-hydrogen) atoms. The first-order valence-electron chi connectivity index (χ1n) is 17.6. The van der Waals surface area contributed by atoms with Gasteiger partial charge in [-0.2, -0.15) is 0 Å². The molecule has 2 unspecified atom stereocenters. The molecule has 0 aromatic heterocycles. The van der Waals surface area contributed by atoms with E-state index < -0.39 is 0 Å². The number of piperidine rings is 2. The first-order valence-corrected chi connectivity index (χ1v) is 17.6. The van der Waals surface area contributed by atoms with E-state index in [2.05, 4.69) is 86.8 Å². The molecule has 2 aliphatic carbocycles. The standard InChI is InChI=1S/C37H70N2/c1-12-32(27-16-14-26(15-17-27)29-22-33(3,4)38-34(5,6)23-29)28-18-20-30(21-19-28)37(11,13-2)31-24-35(7,8)39-36(9,10)25-31/h26-32,38-39H,12-25H2,1-11H3. The summed E-state index contributed by atoms with van der Waals surface area (Å²) in [6.45, 7) is 27.3. The van der Waals surface area contributed by atoms with Gasteiger partial charge in [-0.05, 0) is 179 Å². The maximum atomic E-state index is 3.96. The summed E-state index contributed by atoms with van der Waals surface area (Å²) in [5.74, 6) is 6.64. The van der Waals surface area contributed by atoms with Crippen molar-refractivity contribution in [3.63, 3.8) is 0 Å². The second kappa shape index (κ2) is 11.5. The molecular formula is C37H70N2. The van der Waals surface area contributed by atoms with Crippen LogP contribution in [0.3, 0.4) is 0 Å². The molecule has 2 saturated heterocycles. The van der Waals surface area contributed by atoms with Gasteiger partial charge in [0.1, 0.15) is 0 Å². The molecule has 4 fully saturated rings. The van der Waals surface area contributed by atoms with Crippen LogP contribution in [0.2, 0.25) is 0 Å². The Balaban J connectivity index is 1.33. The fourth-order valence-corrected chi connectivity index (χ4v) is 11.7. The van der Waals surface area contributed by atoms with E-state index in [1.807, 2.05) is 0 Å². The predicted octanol–water partition coefficient (Wildman–Crippen LogP) is 10.2. The third-order valence-electron chi connectivity index (χ3n) is 13.0. The molecule has 0 aromatic carbocycles. The van der Waals surface area contributed by atoms with Crippen LogP contribution in [0.25, 0.3) is 0 Å². The lowest BCUT2D eigenvalue weighted by molar-refractivity contribution is -0.0234. The zero-order valence-corrected chi connectivity index (χ0v) is 28.4. The molecular weight excluding hydrogens is 472 g/mol. The van der Waals surface area contributed by atoms with E-state index in [0.29, 0.717) is 16.5 Å². The molecule has 2 aliphatic heterocycles. The maximum Gasteiger partial charge on any atom is 0.0132 e. The smallest absolute Gasteiger partial charge is 0.0132 e. The van der Waals surface area contributed by atoms with Gasteiger partial charge in [-0.25, -0.2) is 0 Å². The molecule has 2 N–H and O–H groups in total. The van der Waals surface area contributed by atoms with Gasteiger partial charge in [-0.1, -0.05) is 33.6 Å². The SMILES string of the molecule is CCC(C1CCC(C2CC(C)(C)NC(C)(C)C2)CC1)C1CCC(C(C)(CC)C2CC(C)(C)NC(C)(C)C2)CC1. The third kappa shape index (κ3) is 7.47. The average molecular weight is 543 g/mol. The van der Waals surface area contributed by atoms with Crippen molar-refractivity contribution in [1.29, 1.82) is 0 Å². The van der Waals surface area contributed by atoms with Crippen LogP contribution in [-0.2, 0) is 0 Å². The molecule has 0 amide bonds. The molecule has 0 aromatic rings. The molecule has 228 valence electrons. The normalized spacial score (nSPS) is 37.6. The molecule has 0 radical (unpaired) electrons. The van der Waals surface area contributed by atoms with Crippen molar-refractivity contribution >= 4 is 0 Å². The summed E-state index contributed by atoms with van der Waals surface area (Å²) >= 11 is 0. The van der Waals surface area contributed by atoms with Crippen LogP contribution in [0.4, 0.5) is 0 Å². The zero-order valence-electron chi connectivity index (χ0n) is 28.4. The molecule has 4 aliphatic rings. The first kappa shape index (κ1) is 31.8. The second-order valence-electron chi connectivity index (χ2n) is 18.3. The van der Waals surface area contributed by atoms with E-state index in [1.54, 1.807) is 0 Å². The Labute approximate surface area is 245 Å². The molecule has 0 bridgehead atoms. The zero-order chi connectivity index (χ0) is 28.9. The Morgan fingerprint density at radius 2 is 0.974 bits per heavy atom. The van der Waals surface area contributed by atoms with Crippen molar-refractivity contribution < 1.29 is 0 Å². The summed E-state index contributed by atoms with van der Waals surface area (Å²) in [7, 11) is 0. The van der Waals surface area contributed by atoms with Crippen molar-refractivity contribution in [2.24, 2.45) is 46.8 Å². The molecule has 2 nitrogen and oxygen atoms in total. The lowest BCUT2D eigenvalue weighted by Gasteiger charge is -2.55. The van der Waals surface area contributed by atoms with E-state index >= 15 is 0 Å². The van der Waals surface area contributed by atoms with Gasteiger partial charge >= 0.3 is 0 Å². The van der Waals surface area contributed by atoms with Gasteiger partial charge in [0.05, 0.1) is 0 Å².